The number of allylic oxidation sites excluding steroid dienone is 1. The van der Waals surface area contributed by atoms with E-state index in [-0.39, 0.29) is 0 Å². The molecule has 0 N–H and O–H groups in total. The molecule has 1 rings (SSSR count). The maximum Gasteiger partial charge on any atom is 0.0571 e. The molecule has 1 heterocycles. The van der Waals surface area contributed by atoms with Gasteiger partial charge in [0.2, 0.25) is 0 Å². The van der Waals surface area contributed by atoms with E-state index < -0.39 is 0 Å². The van der Waals surface area contributed by atoms with Gasteiger partial charge in [-0.2, -0.15) is 10.2 Å². The highest BCUT2D eigenvalue weighted by molar-refractivity contribution is 5.51. The molecule has 0 bridgehead atoms. The van der Waals surface area contributed by atoms with Crippen LogP contribution in [0, 0.1) is 0 Å². The van der Waals surface area contributed by atoms with Crippen molar-refractivity contribution in [1.29, 1.82) is 0 Å². The van der Waals surface area contributed by atoms with Gasteiger partial charge in [0.15, 0.2) is 0 Å². The molecule has 0 aliphatic carbocycles. The minimum Gasteiger partial charge on any atom is -0.159 e. The Morgan fingerprint density at radius 3 is 2.73 bits per heavy atom. The molecule has 2 heteroatoms. The van der Waals surface area contributed by atoms with E-state index in [9.17, 15) is 0 Å². The van der Waals surface area contributed by atoms with Crippen LogP contribution in [0.15, 0.2) is 18.5 Å². The van der Waals surface area contributed by atoms with Crippen molar-refractivity contribution in [2.45, 2.75) is 20.3 Å². The number of hydrogen-bond donors (Lipinski definition) is 0. The molecular formula is C9H12N2. The summed E-state index contributed by atoms with van der Waals surface area (Å²) in [6.45, 7) is 4.11. The van der Waals surface area contributed by atoms with Gasteiger partial charge in [-0.15, -0.1) is 0 Å². The Morgan fingerprint density at radius 2 is 2.09 bits per heavy atom. The summed E-state index contributed by atoms with van der Waals surface area (Å²) in [5.74, 6) is 0. The average molecular weight is 148 g/mol. The Bertz CT molecular complexity index is 253. The molecule has 0 aromatic carbocycles. The van der Waals surface area contributed by atoms with Crippen molar-refractivity contribution in [3.63, 3.8) is 0 Å². The van der Waals surface area contributed by atoms with Crippen molar-refractivity contribution < 1.29 is 0 Å². The van der Waals surface area contributed by atoms with Crippen molar-refractivity contribution in [3.8, 4) is 0 Å². The van der Waals surface area contributed by atoms with Crippen LogP contribution >= 0.6 is 0 Å². The number of hydrogen-bond acceptors (Lipinski definition) is 2. The number of aryl methyl sites for hydroxylation is 1. The third-order valence-corrected chi connectivity index (χ3v) is 1.57. The number of rotatable bonds is 2. The maximum absolute atomic E-state index is 3.81. The van der Waals surface area contributed by atoms with Crippen LogP contribution in [0.25, 0.3) is 6.08 Å². The number of aromatic nitrogens is 2. The highest BCUT2D eigenvalue weighted by Gasteiger charge is 1.94. The summed E-state index contributed by atoms with van der Waals surface area (Å²) in [6, 6.07) is 0. The van der Waals surface area contributed by atoms with E-state index >= 15 is 0 Å². The van der Waals surface area contributed by atoms with Gasteiger partial charge in [0.05, 0.1) is 12.4 Å². The zero-order valence-corrected chi connectivity index (χ0v) is 6.91. The molecule has 0 aliphatic rings. The third-order valence-electron chi connectivity index (χ3n) is 1.57. The minimum atomic E-state index is 1.01. The molecule has 0 radical (unpaired) electrons. The highest BCUT2D eigenvalue weighted by Crippen LogP contribution is 2.07. The Labute approximate surface area is 67.0 Å². The first-order valence-electron chi connectivity index (χ1n) is 3.80. The van der Waals surface area contributed by atoms with Gasteiger partial charge in [0.25, 0.3) is 0 Å². The standard InChI is InChI=1S/C9H12N2/c1-3-5-9-7-11-10-6-8(9)4-2/h3,5-7H,4H2,1-2H3/b5-3-. The maximum atomic E-state index is 3.81. The molecule has 58 valence electrons. The fraction of sp³-hybridized carbons (Fsp3) is 0.333. The van der Waals surface area contributed by atoms with Gasteiger partial charge in [-0.3, -0.25) is 0 Å². The normalized spacial score (nSPS) is 10.7. The van der Waals surface area contributed by atoms with E-state index in [4.69, 9.17) is 0 Å². The lowest BCUT2D eigenvalue weighted by atomic mass is 10.1. The van der Waals surface area contributed by atoms with Gasteiger partial charge < -0.3 is 0 Å². The largest absolute Gasteiger partial charge is 0.159 e. The first kappa shape index (κ1) is 7.92. The summed E-state index contributed by atoms with van der Waals surface area (Å²) in [7, 11) is 0. The zero-order valence-electron chi connectivity index (χ0n) is 6.91. The van der Waals surface area contributed by atoms with E-state index in [0.717, 1.165) is 6.42 Å². The quantitative estimate of drug-likeness (QED) is 0.641. The monoisotopic (exact) mass is 148 g/mol. The van der Waals surface area contributed by atoms with Crippen LogP contribution in [0.1, 0.15) is 25.0 Å². The van der Waals surface area contributed by atoms with Crippen molar-refractivity contribution >= 4 is 6.08 Å². The van der Waals surface area contributed by atoms with Crippen molar-refractivity contribution in [2.24, 2.45) is 0 Å². The molecule has 1 aromatic rings. The van der Waals surface area contributed by atoms with Gasteiger partial charge in [-0.1, -0.05) is 19.1 Å². The highest BCUT2D eigenvalue weighted by atomic mass is 15.1. The van der Waals surface area contributed by atoms with Gasteiger partial charge in [-0.05, 0) is 24.5 Å². The molecule has 11 heavy (non-hydrogen) atoms. The van der Waals surface area contributed by atoms with E-state index in [1.54, 1.807) is 6.20 Å². The van der Waals surface area contributed by atoms with Crippen LogP contribution in [0.5, 0.6) is 0 Å². The Morgan fingerprint density at radius 1 is 1.36 bits per heavy atom. The first-order valence-corrected chi connectivity index (χ1v) is 3.80. The molecule has 0 amide bonds. The van der Waals surface area contributed by atoms with Gasteiger partial charge in [0, 0.05) is 0 Å². The van der Waals surface area contributed by atoms with Crippen molar-refractivity contribution in [1.82, 2.24) is 10.2 Å². The van der Waals surface area contributed by atoms with Crippen molar-refractivity contribution in [3.05, 3.63) is 29.6 Å². The topological polar surface area (TPSA) is 25.8 Å². The second kappa shape index (κ2) is 3.86. The average Bonchev–Trinajstić information content (AvgIpc) is 2.06. The SMILES string of the molecule is C/C=C\c1cnncc1CC. The molecule has 0 saturated heterocycles. The lowest BCUT2D eigenvalue weighted by molar-refractivity contribution is 0.977. The Kier molecular flexibility index (Phi) is 2.78. The summed E-state index contributed by atoms with van der Waals surface area (Å²) in [5, 5.41) is 7.63. The van der Waals surface area contributed by atoms with E-state index in [1.807, 2.05) is 25.3 Å². The molecule has 0 unspecified atom stereocenters. The summed E-state index contributed by atoms with van der Waals surface area (Å²) in [4.78, 5) is 0. The lowest BCUT2D eigenvalue weighted by Gasteiger charge is -1.98. The van der Waals surface area contributed by atoms with Gasteiger partial charge in [-0.25, -0.2) is 0 Å². The van der Waals surface area contributed by atoms with Gasteiger partial charge in [0.1, 0.15) is 0 Å². The summed E-state index contributed by atoms with van der Waals surface area (Å²) < 4.78 is 0. The van der Waals surface area contributed by atoms with Crippen LogP contribution in [0.4, 0.5) is 0 Å². The summed E-state index contributed by atoms with van der Waals surface area (Å²) >= 11 is 0. The minimum absolute atomic E-state index is 1.01. The predicted octanol–water partition coefficient (Wildman–Crippen LogP) is 2.07. The van der Waals surface area contributed by atoms with Crippen molar-refractivity contribution in [2.75, 3.05) is 0 Å². The van der Waals surface area contributed by atoms with Crippen LogP contribution < -0.4 is 0 Å². The van der Waals surface area contributed by atoms with E-state index in [1.165, 1.54) is 11.1 Å². The Hall–Kier alpha value is -1.18. The van der Waals surface area contributed by atoms with E-state index in [0.29, 0.717) is 0 Å². The fourth-order valence-electron chi connectivity index (χ4n) is 0.981. The smallest absolute Gasteiger partial charge is 0.0571 e. The molecule has 0 fully saturated rings. The van der Waals surface area contributed by atoms with Crippen LogP contribution in [-0.2, 0) is 6.42 Å². The molecule has 0 spiro atoms. The molecule has 0 aliphatic heterocycles. The Balaban J connectivity index is 3.02. The fourth-order valence-corrected chi connectivity index (χ4v) is 0.981. The van der Waals surface area contributed by atoms with Crippen LogP contribution in [-0.4, -0.2) is 10.2 Å². The number of nitrogens with zero attached hydrogens (tertiary/aromatic N) is 2. The lowest BCUT2D eigenvalue weighted by Crippen LogP contribution is -1.89. The summed E-state index contributed by atoms with van der Waals surface area (Å²) in [5.41, 5.74) is 2.42. The zero-order chi connectivity index (χ0) is 8.10. The van der Waals surface area contributed by atoms with Crippen LogP contribution in [0.3, 0.4) is 0 Å². The third kappa shape index (κ3) is 1.87. The van der Waals surface area contributed by atoms with Gasteiger partial charge >= 0.3 is 0 Å². The molecule has 2 nitrogen and oxygen atoms in total. The first-order chi connectivity index (χ1) is 5.38. The second-order valence-electron chi connectivity index (χ2n) is 2.32. The van der Waals surface area contributed by atoms with E-state index in [2.05, 4.69) is 17.1 Å². The molecule has 0 atom stereocenters. The molecule has 1 aromatic heterocycles. The predicted molar refractivity (Wildman–Crippen MR) is 46.1 cm³/mol. The second-order valence-corrected chi connectivity index (χ2v) is 2.32. The summed E-state index contributed by atoms with van der Waals surface area (Å²) in [6.07, 6.45) is 8.67. The molecular weight excluding hydrogens is 136 g/mol. The van der Waals surface area contributed by atoms with Crippen LogP contribution in [0.2, 0.25) is 0 Å². The molecule has 0 saturated carbocycles.